The van der Waals surface area contributed by atoms with E-state index in [9.17, 15) is 4.79 Å². The van der Waals surface area contributed by atoms with Crippen LogP contribution in [0.25, 0.3) is 0 Å². The van der Waals surface area contributed by atoms with Crippen molar-refractivity contribution < 1.29 is 14.3 Å². The van der Waals surface area contributed by atoms with Gasteiger partial charge in [-0.05, 0) is 17.7 Å². The Labute approximate surface area is 151 Å². The van der Waals surface area contributed by atoms with Crippen molar-refractivity contribution in [2.24, 2.45) is 0 Å². The van der Waals surface area contributed by atoms with Gasteiger partial charge in [0.25, 0.3) is 0 Å². The van der Waals surface area contributed by atoms with Crippen LogP contribution < -0.4 is 20.1 Å². The lowest BCUT2D eigenvalue weighted by Gasteiger charge is -2.22. The molecular formula is C15H18Cl2N4O3. The van der Waals surface area contributed by atoms with Crippen LogP contribution in [0, 0.1) is 0 Å². The second kappa shape index (κ2) is 7.74. The fourth-order valence-corrected chi connectivity index (χ4v) is 2.78. The number of imidazole rings is 1. The lowest BCUT2D eigenvalue weighted by molar-refractivity contribution is -0.123. The molecule has 0 radical (unpaired) electrons. The number of halogens is 2. The van der Waals surface area contributed by atoms with E-state index in [1.807, 2.05) is 18.2 Å². The van der Waals surface area contributed by atoms with E-state index < -0.39 is 6.04 Å². The maximum Gasteiger partial charge on any atom is 0.243 e. The highest BCUT2D eigenvalue weighted by molar-refractivity contribution is 5.85. The molecule has 3 N–H and O–H groups in total. The SMILES string of the molecule is Cl.Cl.O=C(NCc1ccc2c(c1)OCO2)C1NCCc2[nH]cnc21. The molecule has 1 aromatic carbocycles. The summed E-state index contributed by atoms with van der Waals surface area (Å²) in [4.78, 5) is 19.7. The second-order valence-corrected chi connectivity index (χ2v) is 5.31. The Balaban J connectivity index is 0.00000104. The van der Waals surface area contributed by atoms with Crippen molar-refractivity contribution in [2.45, 2.75) is 19.0 Å². The van der Waals surface area contributed by atoms with Crippen LogP contribution in [0.2, 0.25) is 0 Å². The normalized spacial score (nSPS) is 17.2. The van der Waals surface area contributed by atoms with Gasteiger partial charge in [-0.2, -0.15) is 0 Å². The summed E-state index contributed by atoms with van der Waals surface area (Å²) in [5.41, 5.74) is 2.78. The largest absolute Gasteiger partial charge is 0.454 e. The maximum atomic E-state index is 12.4. The van der Waals surface area contributed by atoms with Gasteiger partial charge in [-0.15, -0.1) is 24.8 Å². The van der Waals surface area contributed by atoms with Crippen LogP contribution in [0.15, 0.2) is 24.5 Å². The number of aromatic amines is 1. The number of H-pyrrole nitrogens is 1. The first kappa shape index (κ1) is 18.4. The predicted molar refractivity (Wildman–Crippen MR) is 91.9 cm³/mol. The van der Waals surface area contributed by atoms with E-state index in [0.717, 1.165) is 41.4 Å². The minimum absolute atomic E-state index is 0. The van der Waals surface area contributed by atoms with E-state index in [4.69, 9.17) is 9.47 Å². The summed E-state index contributed by atoms with van der Waals surface area (Å²) >= 11 is 0. The van der Waals surface area contributed by atoms with Crippen molar-refractivity contribution in [3.63, 3.8) is 0 Å². The molecule has 2 aromatic rings. The Kier molecular flexibility index (Phi) is 5.93. The molecule has 1 atom stereocenters. The van der Waals surface area contributed by atoms with Crippen molar-refractivity contribution in [3.8, 4) is 11.5 Å². The predicted octanol–water partition coefficient (Wildman–Crippen LogP) is 1.49. The molecule has 2 aliphatic heterocycles. The van der Waals surface area contributed by atoms with Gasteiger partial charge >= 0.3 is 0 Å². The van der Waals surface area contributed by atoms with Gasteiger partial charge in [-0.1, -0.05) is 6.07 Å². The van der Waals surface area contributed by atoms with Gasteiger partial charge < -0.3 is 25.1 Å². The van der Waals surface area contributed by atoms with Crippen molar-refractivity contribution in [2.75, 3.05) is 13.3 Å². The first-order chi connectivity index (χ1) is 10.8. The Bertz CT molecular complexity index is 722. The number of benzene rings is 1. The highest BCUT2D eigenvalue weighted by Gasteiger charge is 2.28. The smallest absolute Gasteiger partial charge is 0.243 e. The summed E-state index contributed by atoms with van der Waals surface area (Å²) in [7, 11) is 0. The highest BCUT2D eigenvalue weighted by Crippen LogP contribution is 2.32. The molecule has 130 valence electrons. The third-order valence-corrected chi connectivity index (χ3v) is 3.91. The average molecular weight is 373 g/mol. The molecule has 0 saturated carbocycles. The number of carbonyl (C=O) groups excluding carboxylic acids is 1. The molecule has 0 bridgehead atoms. The average Bonchev–Trinajstić information content (AvgIpc) is 3.20. The first-order valence-electron chi connectivity index (χ1n) is 7.23. The van der Waals surface area contributed by atoms with Crippen LogP contribution in [-0.2, 0) is 17.8 Å². The topological polar surface area (TPSA) is 88.3 Å². The minimum atomic E-state index is -0.399. The van der Waals surface area contributed by atoms with E-state index in [-0.39, 0.29) is 37.5 Å². The van der Waals surface area contributed by atoms with Crippen LogP contribution in [0.4, 0.5) is 0 Å². The first-order valence-corrected chi connectivity index (χ1v) is 7.23. The van der Waals surface area contributed by atoms with E-state index in [0.29, 0.717) is 6.54 Å². The quantitative estimate of drug-likeness (QED) is 0.759. The van der Waals surface area contributed by atoms with Crippen molar-refractivity contribution in [1.82, 2.24) is 20.6 Å². The summed E-state index contributed by atoms with van der Waals surface area (Å²) < 4.78 is 10.6. The number of fused-ring (bicyclic) bond motifs is 2. The molecule has 2 aliphatic rings. The standard InChI is InChI=1S/C15H16N4O3.2ClH/c20-15(14-13-10(3-4-16-14)18-7-19-13)17-6-9-1-2-11-12(5-9)22-8-21-11;;/h1-2,5,7,14,16H,3-4,6,8H2,(H,17,20)(H,18,19);2*1H. The molecule has 0 aliphatic carbocycles. The fourth-order valence-electron chi connectivity index (χ4n) is 2.78. The number of aromatic nitrogens is 2. The molecule has 24 heavy (non-hydrogen) atoms. The summed E-state index contributed by atoms with van der Waals surface area (Å²) in [5, 5.41) is 6.14. The van der Waals surface area contributed by atoms with E-state index in [1.165, 1.54) is 0 Å². The van der Waals surface area contributed by atoms with Crippen LogP contribution in [0.5, 0.6) is 11.5 Å². The molecule has 0 fully saturated rings. The summed E-state index contributed by atoms with van der Waals surface area (Å²) in [6.07, 6.45) is 2.50. The highest BCUT2D eigenvalue weighted by atomic mass is 35.5. The van der Waals surface area contributed by atoms with Crippen LogP contribution in [-0.4, -0.2) is 29.2 Å². The van der Waals surface area contributed by atoms with Crippen LogP contribution in [0.3, 0.4) is 0 Å². The molecule has 7 nitrogen and oxygen atoms in total. The number of hydrogen-bond donors (Lipinski definition) is 3. The maximum absolute atomic E-state index is 12.4. The summed E-state index contributed by atoms with van der Waals surface area (Å²) in [6, 6.07) is 5.26. The molecule has 4 rings (SSSR count). The lowest BCUT2D eigenvalue weighted by Crippen LogP contribution is -2.41. The molecule has 3 heterocycles. The summed E-state index contributed by atoms with van der Waals surface area (Å²) in [6.45, 7) is 1.45. The van der Waals surface area contributed by atoms with Gasteiger partial charge in [0.2, 0.25) is 12.7 Å². The number of nitrogens with one attached hydrogen (secondary N) is 3. The van der Waals surface area contributed by atoms with Gasteiger partial charge in [0, 0.05) is 25.2 Å². The van der Waals surface area contributed by atoms with Crippen LogP contribution in [0.1, 0.15) is 23.0 Å². The van der Waals surface area contributed by atoms with E-state index in [1.54, 1.807) is 6.33 Å². The molecule has 0 spiro atoms. The number of ether oxygens (including phenoxy) is 2. The number of nitrogens with zero attached hydrogens (tertiary/aromatic N) is 1. The zero-order valence-electron chi connectivity index (χ0n) is 12.7. The second-order valence-electron chi connectivity index (χ2n) is 5.31. The van der Waals surface area contributed by atoms with Gasteiger partial charge in [0.05, 0.1) is 12.0 Å². The Hall–Kier alpha value is -1.96. The van der Waals surface area contributed by atoms with Crippen molar-refractivity contribution in [1.29, 1.82) is 0 Å². The Morgan fingerprint density at radius 3 is 3.00 bits per heavy atom. The number of hydrogen-bond acceptors (Lipinski definition) is 5. The molecule has 1 unspecified atom stereocenters. The molecule has 1 amide bonds. The van der Waals surface area contributed by atoms with Gasteiger partial charge in [-0.3, -0.25) is 4.79 Å². The molecular weight excluding hydrogens is 355 g/mol. The Morgan fingerprint density at radius 1 is 1.29 bits per heavy atom. The minimum Gasteiger partial charge on any atom is -0.454 e. The zero-order valence-corrected chi connectivity index (χ0v) is 14.3. The fraction of sp³-hybridized carbons (Fsp3) is 0.333. The lowest BCUT2D eigenvalue weighted by atomic mass is 10.0. The third kappa shape index (κ3) is 3.43. The molecule has 0 saturated heterocycles. The third-order valence-electron chi connectivity index (χ3n) is 3.91. The number of amides is 1. The van der Waals surface area contributed by atoms with E-state index >= 15 is 0 Å². The van der Waals surface area contributed by atoms with Crippen LogP contribution >= 0.6 is 24.8 Å². The molecule has 9 heteroatoms. The van der Waals surface area contributed by atoms with Crippen molar-refractivity contribution >= 4 is 30.7 Å². The Morgan fingerprint density at radius 2 is 2.12 bits per heavy atom. The summed E-state index contributed by atoms with van der Waals surface area (Å²) in [5.74, 6) is 1.38. The van der Waals surface area contributed by atoms with Crippen molar-refractivity contribution in [3.05, 3.63) is 41.5 Å². The van der Waals surface area contributed by atoms with Gasteiger partial charge in [-0.25, -0.2) is 4.98 Å². The zero-order chi connectivity index (χ0) is 14.9. The van der Waals surface area contributed by atoms with Gasteiger partial charge in [0.1, 0.15) is 6.04 Å². The number of rotatable bonds is 3. The van der Waals surface area contributed by atoms with Gasteiger partial charge in [0.15, 0.2) is 11.5 Å². The van der Waals surface area contributed by atoms with E-state index in [2.05, 4.69) is 20.6 Å². The monoisotopic (exact) mass is 372 g/mol. The molecule has 1 aromatic heterocycles. The number of carbonyl (C=O) groups is 1.